The molecule has 1 heterocycles. The summed E-state index contributed by atoms with van der Waals surface area (Å²) < 4.78 is 10.2. The minimum atomic E-state index is -0.150. The molecule has 0 aliphatic carbocycles. The lowest BCUT2D eigenvalue weighted by Gasteiger charge is -2.00. The summed E-state index contributed by atoms with van der Waals surface area (Å²) in [4.78, 5) is 17.1. The summed E-state index contributed by atoms with van der Waals surface area (Å²) in [5.41, 5.74) is 1.68. The Balaban J connectivity index is 1.76. The molecule has 1 aliphatic rings. The van der Waals surface area contributed by atoms with E-state index in [1.54, 1.807) is 14.2 Å². The van der Waals surface area contributed by atoms with Gasteiger partial charge in [0.15, 0.2) is 5.17 Å². The zero-order valence-electron chi connectivity index (χ0n) is 13.3. The van der Waals surface area contributed by atoms with E-state index in [0.717, 1.165) is 22.7 Å². The lowest BCUT2D eigenvalue weighted by Crippen LogP contribution is -2.19. The van der Waals surface area contributed by atoms with E-state index in [9.17, 15) is 4.79 Å². The van der Waals surface area contributed by atoms with E-state index in [2.05, 4.69) is 10.3 Å². The van der Waals surface area contributed by atoms with Gasteiger partial charge < -0.3 is 14.8 Å². The second-order valence-corrected chi connectivity index (χ2v) is 5.98. The SMILES string of the molecule is COc1ccc(C=C2SC(=Nc3ccc(OC)cc3)NC2=O)cc1. The van der Waals surface area contributed by atoms with Crippen LogP contribution in [0.15, 0.2) is 58.4 Å². The number of nitrogens with zero attached hydrogens (tertiary/aromatic N) is 1. The van der Waals surface area contributed by atoms with Crippen LogP contribution in [0.3, 0.4) is 0 Å². The first-order valence-electron chi connectivity index (χ1n) is 7.25. The number of amides is 1. The first-order valence-corrected chi connectivity index (χ1v) is 8.07. The predicted molar refractivity (Wildman–Crippen MR) is 96.8 cm³/mol. The van der Waals surface area contributed by atoms with Gasteiger partial charge in [0.2, 0.25) is 0 Å². The maximum absolute atomic E-state index is 12.1. The number of ether oxygens (including phenoxy) is 2. The molecule has 2 aromatic carbocycles. The third-order valence-corrected chi connectivity index (χ3v) is 4.28. The highest BCUT2D eigenvalue weighted by Crippen LogP contribution is 2.28. The zero-order chi connectivity index (χ0) is 16.9. The molecule has 5 nitrogen and oxygen atoms in total. The molecule has 0 unspecified atom stereocenters. The number of carbonyl (C=O) groups excluding carboxylic acids is 1. The van der Waals surface area contributed by atoms with E-state index in [0.29, 0.717) is 10.1 Å². The Morgan fingerprint density at radius 1 is 0.958 bits per heavy atom. The second kappa shape index (κ2) is 7.23. The van der Waals surface area contributed by atoms with Crippen LogP contribution in [0, 0.1) is 0 Å². The number of aliphatic imine (C=N–C) groups is 1. The monoisotopic (exact) mass is 340 g/mol. The average Bonchev–Trinajstić information content (AvgIpc) is 2.95. The number of rotatable bonds is 4. The Kier molecular flexibility index (Phi) is 4.86. The van der Waals surface area contributed by atoms with Crippen molar-refractivity contribution in [2.45, 2.75) is 0 Å². The maximum atomic E-state index is 12.1. The van der Waals surface area contributed by atoms with Crippen LogP contribution in [0.4, 0.5) is 5.69 Å². The minimum absolute atomic E-state index is 0.150. The zero-order valence-corrected chi connectivity index (χ0v) is 14.1. The van der Waals surface area contributed by atoms with Crippen molar-refractivity contribution in [1.82, 2.24) is 5.32 Å². The Labute approximate surface area is 144 Å². The largest absolute Gasteiger partial charge is 0.497 e. The van der Waals surface area contributed by atoms with Gasteiger partial charge in [0.1, 0.15) is 11.5 Å². The van der Waals surface area contributed by atoms with Gasteiger partial charge in [-0.15, -0.1) is 0 Å². The minimum Gasteiger partial charge on any atom is -0.497 e. The molecular formula is C18H16N2O3S. The van der Waals surface area contributed by atoms with Gasteiger partial charge in [-0.2, -0.15) is 0 Å². The molecule has 0 radical (unpaired) electrons. The van der Waals surface area contributed by atoms with Gasteiger partial charge >= 0.3 is 0 Å². The van der Waals surface area contributed by atoms with Crippen LogP contribution in [-0.2, 0) is 4.79 Å². The Bertz CT molecular complexity index is 796. The molecule has 1 aliphatic heterocycles. The first kappa shape index (κ1) is 16.1. The van der Waals surface area contributed by atoms with Crippen LogP contribution in [-0.4, -0.2) is 25.3 Å². The van der Waals surface area contributed by atoms with Crippen molar-refractivity contribution in [3.05, 3.63) is 59.0 Å². The van der Waals surface area contributed by atoms with Crippen molar-refractivity contribution in [3.8, 4) is 11.5 Å². The highest BCUT2D eigenvalue weighted by atomic mass is 32.2. The molecular weight excluding hydrogens is 324 g/mol. The van der Waals surface area contributed by atoms with Crippen molar-refractivity contribution < 1.29 is 14.3 Å². The van der Waals surface area contributed by atoms with Crippen LogP contribution in [0.25, 0.3) is 6.08 Å². The molecule has 0 atom stereocenters. The van der Waals surface area contributed by atoms with Gasteiger partial charge in [-0.05, 0) is 59.8 Å². The summed E-state index contributed by atoms with van der Waals surface area (Å²) in [7, 11) is 3.24. The molecule has 1 fully saturated rings. The molecule has 1 saturated heterocycles. The molecule has 6 heteroatoms. The van der Waals surface area contributed by atoms with Crippen LogP contribution >= 0.6 is 11.8 Å². The number of nitrogens with one attached hydrogen (secondary N) is 1. The van der Waals surface area contributed by atoms with Gasteiger partial charge in [0, 0.05) is 0 Å². The fraction of sp³-hybridized carbons (Fsp3) is 0.111. The van der Waals surface area contributed by atoms with Crippen LogP contribution in [0.2, 0.25) is 0 Å². The molecule has 1 N–H and O–H groups in total. The Hall–Kier alpha value is -2.73. The molecule has 1 amide bonds. The van der Waals surface area contributed by atoms with Crippen LogP contribution in [0.1, 0.15) is 5.56 Å². The molecule has 2 aromatic rings. The topological polar surface area (TPSA) is 59.9 Å². The van der Waals surface area contributed by atoms with Gasteiger partial charge in [0.25, 0.3) is 5.91 Å². The van der Waals surface area contributed by atoms with E-state index in [-0.39, 0.29) is 5.91 Å². The van der Waals surface area contributed by atoms with E-state index in [1.807, 2.05) is 54.6 Å². The van der Waals surface area contributed by atoms with Crippen molar-refractivity contribution in [2.24, 2.45) is 4.99 Å². The molecule has 24 heavy (non-hydrogen) atoms. The third kappa shape index (κ3) is 3.78. The van der Waals surface area contributed by atoms with Crippen molar-refractivity contribution >= 4 is 34.6 Å². The fourth-order valence-electron chi connectivity index (χ4n) is 2.11. The molecule has 0 saturated carbocycles. The van der Waals surface area contributed by atoms with Gasteiger partial charge in [-0.1, -0.05) is 12.1 Å². The summed E-state index contributed by atoms with van der Waals surface area (Å²) in [6, 6.07) is 14.8. The summed E-state index contributed by atoms with van der Waals surface area (Å²) in [6.07, 6.45) is 1.83. The number of thioether (sulfide) groups is 1. The van der Waals surface area contributed by atoms with Gasteiger partial charge in [0.05, 0.1) is 24.8 Å². The molecule has 3 rings (SSSR count). The summed E-state index contributed by atoms with van der Waals surface area (Å²) in [6.45, 7) is 0. The molecule has 0 spiro atoms. The Morgan fingerprint density at radius 2 is 1.54 bits per heavy atom. The summed E-state index contributed by atoms with van der Waals surface area (Å²) >= 11 is 1.32. The standard InChI is InChI=1S/C18H16N2O3S/c1-22-14-7-3-12(4-8-14)11-16-17(21)20-18(24-16)19-13-5-9-15(23-2)10-6-13/h3-11H,1-2H3,(H,19,20,21). The average molecular weight is 340 g/mol. The fourth-order valence-corrected chi connectivity index (χ4v) is 2.95. The molecule has 0 aromatic heterocycles. The predicted octanol–water partition coefficient (Wildman–Crippen LogP) is 3.60. The lowest BCUT2D eigenvalue weighted by atomic mass is 10.2. The number of carbonyl (C=O) groups is 1. The molecule has 122 valence electrons. The van der Waals surface area contributed by atoms with Crippen molar-refractivity contribution in [1.29, 1.82) is 0 Å². The van der Waals surface area contributed by atoms with Gasteiger partial charge in [-0.3, -0.25) is 4.79 Å². The summed E-state index contributed by atoms with van der Waals surface area (Å²) in [5.74, 6) is 1.40. The third-order valence-electron chi connectivity index (χ3n) is 3.37. The van der Waals surface area contributed by atoms with E-state index in [1.165, 1.54) is 11.8 Å². The lowest BCUT2D eigenvalue weighted by molar-refractivity contribution is -0.115. The smallest absolute Gasteiger partial charge is 0.264 e. The van der Waals surface area contributed by atoms with E-state index in [4.69, 9.17) is 9.47 Å². The van der Waals surface area contributed by atoms with Crippen molar-refractivity contribution in [2.75, 3.05) is 14.2 Å². The number of hydrogen-bond acceptors (Lipinski definition) is 5. The second-order valence-electron chi connectivity index (χ2n) is 4.95. The van der Waals surface area contributed by atoms with E-state index >= 15 is 0 Å². The number of methoxy groups -OCH3 is 2. The van der Waals surface area contributed by atoms with E-state index < -0.39 is 0 Å². The highest BCUT2D eigenvalue weighted by Gasteiger charge is 2.23. The number of amidine groups is 1. The normalized spacial score (nSPS) is 17.2. The quantitative estimate of drug-likeness (QED) is 0.864. The highest BCUT2D eigenvalue weighted by molar-refractivity contribution is 8.18. The first-order chi connectivity index (χ1) is 11.7. The molecule has 0 bridgehead atoms. The Morgan fingerprint density at radius 3 is 2.12 bits per heavy atom. The van der Waals surface area contributed by atoms with Crippen LogP contribution in [0.5, 0.6) is 11.5 Å². The summed E-state index contributed by atoms with van der Waals surface area (Å²) in [5, 5.41) is 3.33. The van der Waals surface area contributed by atoms with Gasteiger partial charge in [-0.25, -0.2) is 4.99 Å². The van der Waals surface area contributed by atoms with Crippen molar-refractivity contribution in [3.63, 3.8) is 0 Å². The maximum Gasteiger partial charge on any atom is 0.264 e. The van der Waals surface area contributed by atoms with Crippen LogP contribution < -0.4 is 14.8 Å². The number of benzene rings is 2. The number of hydrogen-bond donors (Lipinski definition) is 1.